The summed E-state index contributed by atoms with van der Waals surface area (Å²) in [6.45, 7) is 2.60. The minimum Gasteiger partial charge on any atom is -1.00 e. The highest BCUT2D eigenvalue weighted by molar-refractivity contribution is 5.69. The number of aliphatic hydroxyl groups excluding tert-OH is 1. The largest absolute Gasteiger partial charge is 1.00 e. The second-order valence-electron chi connectivity index (χ2n) is 7.43. The van der Waals surface area contributed by atoms with E-state index >= 15 is 0 Å². The van der Waals surface area contributed by atoms with E-state index in [0.29, 0.717) is 17.8 Å². The number of hydrogen-bond acceptors (Lipinski definition) is 3. The molecule has 1 aromatic rings. The molecule has 2 aliphatic heterocycles. The third kappa shape index (κ3) is 4.19. The molecular formula is C19H28BrNO3. The molecule has 3 rings (SSSR count). The van der Waals surface area contributed by atoms with Gasteiger partial charge in [0, 0.05) is 39.0 Å². The van der Waals surface area contributed by atoms with Crippen LogP contribution in [-0.2, 0) is 11.2 Å². The van der Waals surface area contributed by atoms with Gasteiger partial charge in [0.25, 0.3) is 0 Å². The molecule has 2 fully saturated rings. The summed E-state index contributed by atoms with van der Waals surface area (Å²) in [4.78, 5) is 11.0. The zero-order chi connectivity index (χ0) is 16.4. The topological polar surface area (TPSA) is 46.5 Å². The summed E-state index contributed by atoms with van der Waals surface area (Å²) >= 11 is 0. The lowest BCUT2D eigenvalue weighted by Crippen LogP contribution is -3.00. The van der Waals surface area contributed by atoms with Crippen LogP contribution in [0.25, 0.3) is 0 Å². The molecule has 2 unspecified atom stereocenters. The molecule has 0 amide bonds. The summed E-state index contributed by atoms with van der Waals surface area (Å²) in [5.41, 5.74) is 1.22. The predicted octanol–water partition coefficient (Wildman–Crippen LogP) is -0.319. The average molecular weight is 398 g/mol. The molecule has 0 aliphatic carbocycles. The first-order valence-corrected chi connectivity index (χ1v) is 8.77. The van der Waals surface area contributed by atoms with Gasteiger partial charge in [-0.2, -0.15) is 0 Å². The van der Waals surface area contributed by atoms with Crippen molar-refractivity contribution in [3.63, 3.8) is 0 Å². The number of halogens is 1. The van der Waals surface area contributed by atoms with E-state index in [-0.39, 0.29) is 29.1 Å². The van der Waals surface area contributed by atoms with Crippen molar-refractivity contribution in [3.8, 4) is 5.75 Å². The van der Waals surface area contributed by atoms with Crippen LogP contribution in [0.1, 0.15) is 44.6 Å². The first-order chi connectivity index (χ1) is 11.0. The maximum Gasteiger partial charge on any atom is 0.308 e. The maximum absolute atomic E-state index is 11.0. The highest BCUT2D eigenvalue weighted by Crippen LogP contribution is 2.41. The van der Waals surface area contributed by atoms with E-state index in [0.717, 1.165) is 30.2 Å². The van der Waals surface area contributed by atoms with E-state index in [1.807, 2.05) is 18.2 Å². The van der Waals surface area contributed by atoms with Crippen molar-refractivity contribution in [2.75, 3.05) is 13.6 Å². The Balaban J connectivity index is 0.00000208. The van der Waals surface area contributed by atoms with E-state index in [4.69, 9.17) is 4.74 Å². The molecular weight excluding hydrogens is 370 g/mol. The number of ether oxygens (including phenoxy) is 1. The quantitative estimate of drug-likeness (QED) is 0.420. The average Bonchev–Trinajstić information content (AvgIpc) is 2.66. The number of fused-ring (bicyclic) bond motifs is 2. The molecule has 0 spiro atoms. The van der Waals surface area contributed by atoms with Crippen LogP contribution >= 0.6 is 0 Å². The highest BCUT2D eigenvalue weighted by Gasteiger charge is 2.50. The molecule has 2 saturated heterocycles. The van der Waals surface area contributed by atoms with Crippen molar-refractivity contribution in [2.24, 2.45) is 0 Å². The second kappa shape index (κ2) is 7.98. The molecule has 0 aromatic heterocycles. The number of carbonyl (C=O) groups is 1. The van der Waals surface area contributed by atoms with Gasteiger partial charge in [-0.25, -0.2) is 0 Å². The standard InChI is InChI=1S/C19H28NO3.BrH/c1-14(21)23-19-7-3-5-15(11-19)6-4-10-20(2)16-8-9-17(20)13-18(22)12-16;/h3,5,7,11,16-18,22H,4,6,8-10,12-13H2,1-2H3;1H/q+1;/p-1. The SMILES string of the molecule is CC(=O)Oc1cccc(CCC[N+]2(C)C3CCC2CC(O)C3)c1.[Br-]. The number of nitrogens with zero attached hydrogens (tertiary/aromatic N) is 1. The molecule has 24 heavy (non-hydrogen) atoms. The number of hydrogen-bond donors (Lipinski definition) is 1. The van der Waals surface area contributed by atoms with Crippen molar-refractivity contribution in [3.05, 3.63) is 29.8 Å². The number of carbonyl (C=O) groups excluding carboxylic acids is 1. The Morgan fingerprint density at radius 1 is 1.29 bits per heavy atom. The highest BCUT2D eigenvalue weighted by atomic mass is 79.9. The van der Waals surface area contributed by atoms with E-state index in [1.54, 1.807) is 0 Å². The summed E-state index contributed by atoms with van der Waals surface area (Å²) in [6, 6.07) is 9.11. The summed E-state index contributed by atoms with van der Waals surface area (Å²) in [5, 5.41) is 9.98. The van der Waals surface area contributed by atoms with Crippen molar-refractivity contribution in [2.45, 2.75) is 63.6 Å². The molecule has 1 N–H and O–H groups in total. The van der Waals surface area contributed by atoms with Crippen LogP contribution in [0, 0.1) is 0 Å². The van der Waals surface area contributed by atoms with Gasteiger partial charge in [0.1, 0.15) is 5.75 Å². The number of piperidine rings is 1. The van der Waals surface area contributed by atoms with Gasteiger partial charge in [0.15, 0.2) is 0 Å². The Kier molecular flexibility index (Phi) is 6.46. The fourth-order valence-electron chi connectivity index (χ4n) is 4.63. The number of rotatable bonds is 5. The van der Waals surface area contributed by atoms with Crippen LogP contribution in [0.4, 0.5) is 0 Å². The molecule has 134 valence electrons. The van der Waals surface area contributed by atoms with E-state index in [9.17, 15) is 9.90 Å². The first kappa shape index (κ1) is 19.4. The summed E-state index contributed by atoms with van der Waals surface area (Å²) in [5.74, 6) is 0.361. The molecule has 2 heterocycles. The van der Waals surface area contributed by atoms with Crippen LogP contribution in [-0.4, -0.2) is 47.3 Å². The Morgan fingerprint density at radius 3 is 2.58 bits per heavy atom. The Hall–Kier alpha value is -0.910. The smallest absolute Gasteiger partial charge is 0.308 e. The zero-order valence-corrected chi connectivity index (χ0v) is 16.2. The van der Waals surface area contributed by atoms with Gasteiger partial charge in [-0.1, -0.05) is 12.1 Å². The molecule has 4 nitrogen and oxygen atoms in total. The third-order valence-corrected chi connectivity index (χ3v) is 5.86. The van der Waals surface area contributed by atoms with E-state index in [1.165, 1.54) is 31.9 Å². The molecule has 0 saturated carbocycles. The van der Waals surface area contributed by atoms with Gasteiger partial charge in [-0.15, -0.1) is 0 Å². The van der Waals surface area contributed by atoms with Gasteiger partial charge in [0.05, 0.1) is 31.8 Å². The van der Waals surface area contributed by atoms with E-state index in [2.05, 4.69) is 13.1 Å². The van der Waals surface area contributed by atoms with Crippen molar-refractivity contribution in [1.29, 1.82) is 0 Å². The van der Waals surface area contributed by atoms with Crippen molar-refractivity contribution in [1.82, 2.24) is 0 Å². The van der Waals surface area contributed by atoms with Crippen molar-refractivity contribution >= 4 is 5.97 Å². The number of benzene rings is 1. The van der Waals surface area contributed by atoms with Crippen LogP contribution < -0.4 is 21.7 Å². The minimum atomic E-state index is -0.274. The summed E-state index contributed by atoms with van der Waals surface area (Å²) in [7, 11) is 2.38. The van der Waals surface area contributed by atoms with Gasteiger partial charge in [-0.3, -0.25) is 4.79 Å². The monoisotopic (exact) mass is 397 g/mol. The van der Waals surface area contributed by atoms with Crippen LogP contribution in [0.15, 0.2) is 24.3 Å². The zero-order valence-electron chi connectivity index (χ0n) is 14.6. The normalized spacial score (nSPS) is 31.4. The minimum absolute atomic E-state index is 0. The number of quaternary nitrogens is 1. The first-order valence-electron chi connectivity index (χ1n) is 8.77. The fraction of sp³-hybridized carbons (Fsp3) is 0.632. The van der Waals surface area contributed by atoms with Crippen LogP contribution in [0.5, 0.6) is 5.75 Å². The Labute approximate surface area is 155 Å². The van der Waals surface area contributed by atoms with Gasteiger partial charge in [0.2, 0.25) is 0 Å². The lowest BCUT2D eigenvalue weighted by atomic mass is 9.96. The molecule has 0 radical (unpaired) electrons. The number of aliphatic hydroxyl groups is 1. The Bertz CT molecular complexity index is 563. The predicted molar refractivity (Wildman–Crippen MR) is 89.2 cm³/mol. The van der Waals surface area contributed by atoms with Gasteiger partial charge in [-0.05, 0) is 24.1 Å². The van der Waals surface area contributed by atoms with Gasteiger partial charge >= 0.3 is 5.97 Å². The Morgan fingerprint density at radius 2 is 1.96 bits per heavy atom. The molecule has 2 bridgehead atoms. The lowest BCUT2D eigenvalue weighted by Gasteiger charge is -2.46. The van der Waals surface area contributed by atoms with Crippen molar-refractivity contribution < 1.29 is 36.1 Å². The summed E-state index contributed by atoms with van der Waals surface area (Å²) < 4.78 is 6.30. The molecule has 2 atom stereocenters. The van der Waals surface area contributed by atoms with Gasteiger partial charge < -0.3 is 31.3 Å². The second-order valence-corrected chi connectivity index (χ2v) is 7.43. The third-order valence-electron chi connectivity index (χ3n) is 5.86. The number of esters is 1. The lowest BCUT2D eigenvalue weighted by molar-refractivity contribution is -0.949. The molecule has 5 heteroatoms. The summed E-state index contributed by atoms with van der Waals surface area (Å²) in [6.07, 6.45) is 6.51. The number of aryl methyl sites for hydroxylation is 1. The fourth-order valence-corrected chi connectivity index (χ4v) is 4.63. The molecule has 1 aromatic carbocycles. The molecule has 2 aliphatic rings. The maximum atomic E-state index is 11.0. The van der Waals surface area contributed by atoms with E-state index < -0.39 is 0 Å². The van der Waals surface area contributed by atoms with Crippen LogP contribution in [0.3, 0.4) is 0 Å². The van der Waals surface area contributed by atoms with Crippen LogP contribution in [0.2, 0.25) is 0 Å².